The lowest BCUT2D eigenvalue weighted by molar-refractivity contribution is 0.219. The third-order valence-corrected chi connectivity index (χ3v) is 7.81. The van der Waals surface area contributed by atoms with Crippen LogP contribution in [0.25, 0.3) is 0 Å². The summed E-state index contributed by atoms with van der Waals surface area (Å²) in [5.74, 6) is 0. The second kappa shape index (κ2) is 8.08. The SMILES string of the molecule is CCOP(=O)(OCC)C(C)[S@](=O)c1ccccc1N(C)C. The first-order chi connectivity index (χ1) is 9.87. The molecule has 1 unspecified atom stereocenters. The Hall–Kier alpha value is -0.680. The Kier molecular flexibility index (Phi) is 7.07. The molecule has 0 aliphatic heterocycles. The van der Waals surface area contributed by atoms with Gasteiger partial charge in [0.25, 0.3) is 0 Å². The van der Waals surface area contributed by atoms with Crippen LogP contribution in [0.15, 0.2) is 29.2 Å². The molecule has 1 aromatic carbocycles. The van der Waals surface area contributed by atoms with Crippen LogP contribution in [-0.2, 0) is 24.4 Å². The molecule has 0 N–H and O–H groups in total. The average molecular weight is 333 g/mol. The van der Waals surface area contributed by atoms with Crippen molar-refractivity contribution in [2.45, 2.75) is 30.7 Å². The van der Waals surface area contributed by atoms with Gasteiger partial charge >= 0.3 is 7.60 Å². The van der Waals surface area contributed by atoms with Gasteiger partial charge in [0.15, 0.2) is 0 Å². The van der Waals surface area contributed by atoms with E-state index >= 15 is 0 Å². The number of hydrogen-bond donors (Lipinski definition) is 0. The molecule has 0 fully saturated rings. The minimum atomic E-state index is -3.40. The number of para-hydroxylation sites is 1. The van der Waals surface area contributed by atoms with Crippen LogP contribution in [-0.4, -0.2) is 36.5 Å². The monoisotopic (exact) mass is 333 g/mol. The van der Waals surface area contributed by atoms with E-state index in [0.29, 0.717) is 4.90 Å². The van der Waals surface area contributed by atoms with Crippen molar-refractivity contribution >= 4 is 24.1 Å². The molecule has 0 aromatic heterocycles. The van der Waals surface area contributed by atoms with Gasteiger partial charge in [0.1, 0.15) is 4.99 Å². The highest BCUT2D eigenvalue weighted by molar-refractivity contribution is 7.93. The van der Waals surface area contributed by atoms with Crippen LogP contribution in [0.2, 0.25) is 0 Å². The van der Waals surface area contributed by atoms with Crippen LogP contribution in [0.3, 0.4) is 0 Å². The van der Waals surface area contributed by atoms with Crippen LogP contribution in [0.5, 0.6) is 0 Å². The van der Waals surface area contributed by atoms with Crippen molar-refractivity contribution in [2.75, 3.05) is 32.2 Å². The number of benzene rings is 1. The van der Waals surface area contributed by atoms with E-state index in [1.807, 2.05) is 37.2 Å². The van der Waals surface area contributed by atoms with Crippen LogP contribution in [0.1, 0.15) is 20.8 Å². The van der Waals surface area contributed by atoms with E-state index in [4.69, 9.17) is 9.05 Å². The van der Waals surface area contributed by atoms with Gasteiger partial charge in [-0.1, -0.05) is 12.1 Å². The van der Waals surface area contributed by atoms with Crippen molar-refractivity contribution in [3.8, 4) is 0 Å². The predicted octanol–water partition coefficient (Wildman–Crippen LogP) is 3.47. The molecule has 1 aromatic rings. The zero-order valence-electron chi connectivity index (χ0n) is 13.2. The van der Waals surface area contributed by atoms with E-state index in [-0.39, 0.29) is 13.2 Å². The fourth-order valence-corrected chi connectivity index (χ4v) is 5.80. The van der Waals surface area contributed by atoms with E-state index in [2.05, 4.69) is 0 Å². The Bertz CT molecular complexity index is 525. The minimum Gasteiger partial charge on any atom is -0.377 e. The van der Waals surface area contributed by atoms with Crippen molar-refractivity contribution in [3.05, 3.63) is 24.3 Å². The molecule has 1 rings (SSSR count). The van der Waals surface area contributed by atoms with Gasteiger partial charge in [0, 0.05) is 14.1 Å². The van der Waals surface area contributed by atoms with Gasteiger partial charge in [-0.3, -0.25) is 8.77 Å². The number of hydrogen-bond acceptors (Lipinski definition) is 5. The molecule has 0 saturated carbocycles. The molecule has 7 heteroatoms. The van der Waals surface area contributed by atoms with Gasteiger partial charge < -0.3 is 13.9 Å². The fourth-order valence-electron chi connectivity index (χ4n) is 1.90. The first-order valence-corrected chi connectivity index (χ1v) is 9.75. The predicted molar refractivity (Wildman–Crippen MR) is 87.5 cm³/mol. The first-order valence-electron chi connectivity index (χ1n) is 6.93. The van der Waals surface area contributed by atoms with Gasteiger partial charge in [-0.05, 0) is 32.9 Å². The maximum atomic E-state index is 12.8. The largest absolute Gasteiger partial charge is 0.377 e. The zero-order chi connectivity index (χ0) is 16.0. The Morgan fingerprint density at radius 3 is 2.19 bits per heavy atom. The molecular weight excluding hydrogens is 309 g/mol. The summed E-state index contributed by atoms with van der Waals surface area (Å²) >= 11 is 0. The van der Waals surface area contributed by atoms with E-state index in [0.717, 1.165) is 5.69 Å². The van der Waals surface area contributed by atoms with Gasteiger partial charge in [-0.2, -0.15) is 0 Å². The molecule has 21 heavy (non-hydrogen) atoms. The van der Waals surface area contributed by atoms with Gasteiger partial charge in [-0.25, -0.2) is 0 Å². The van der Waals surface area contributed by atoms with Crippen molar-refractivity contribution in [1.82, 2.24) is 0 Å². The highest BCUT2D eigenvalue weighted by Crippen LogP contribution is 2.55. The number of nitrogens with zero attached hydrogens (tertiary/aromatic N) is 1. The normalized spacial score (nSPS) is 14.7. The van der Waals surface area contributed by atoms with Crippen LogP contribution in [0.4, 0.5) is 5.69 Å². The molecular formula is C14H24NO4PS. The van der Waals surface area contributed by atoms with Gasteiger partial charge in [-0.15, -0.1) is 0 Å². The summed E-state index contributed by atoms with van der Waals surface area (Å²) in [6.45, 7) is 5.65. The summed E-state index contributed by atoms with van der Waals surface area (Å²) in [6, 6.07) is 7.36. The maximum Gasteiger partial charge on any atom is 0.346 e. The van der Waals surface area contributed by atoms with Crippen LogP contribution < -0.4 is 4.90 Å². The standard InChI is InChI=1S/C14H24NO4PS/c1-6-18-20(16,19-7-2)12(3)21(17)14-11-9-8-10-13(14)15(4)5/h8-12H,6-7H2,1-5H3/t12?,21-/m0/s1. The van der Waals surface area contributed by atoms with Gasteiger partial charge in [0.2, 0.25) is 0 Å². The molecule has 0 bridgehead atoms. The smallest absolute Gasteiger partial charge is 0.346 e. The third kappa shape index (κ3) is 4.39. The third-order valence-electron chi connectivity index (χ3n) is 2.94. The molecule has 2 atom stereocenters. The van der Waals surface area contributed by atoms with Gasteiger partial charge in [0.05, 0.1) is 34.6 Å². The summed E-state index contributed by atoms with van der Waals surface area (Å²) in [6.07, 6.45) is 0. The van der Waals surface area contributed by atoms with Crippen molar-refractivity contribution in [2.24, 2.45) is 0 Å². The summed E-state index contributed by atoms with van der Waals surface area (Å²) in [4.78, 5) is 1.79. The maximum absolute atomic E-state index is 12.8. The van der Waals surface area contributed by atoms with Crippen molar-refractivity contribution in [1.29, 1.82) is 0 Å². The molecule has 120 valence electrons. The summed E-state index contributed by atoms with van der Waals surface area (Å²) in [7, 11) is -1.13. The molecule has 0 aliphatic rings. The molecule has 5 nitrogen and oxygen atoms in total. The summed E-state index contributed by atoms with van der Waals surface area (Å²) in [5, 5.41) is 0. The summed E-state index contributed by atoms with van der Waals surface area (Å²) < 4.78 is 36.2. The first kappa shape index (κ1) is 18.4. The highest BCUT2D eigenvalue weighted by Gasteiger charge is 2.37. The fraction of sp³-hybridized carbons (Fsp3) is 0.571. The Balaban J connectivity index is 3.15. The van der Waals surface area contributed by atoms with E-state index in [1.54, 1.807) is 26.8 Å². The van der Waals surface area contributed by atoms with Crippen LogP contribution >= 0.6 is 7.60 Å². The van der Waals surface area contributed by atoms with Crippen LogP contribution in [0, 0.1) is 0 Å². The Labute approximate surface area is 129 Å². The van der Waals surface area contributed by atoms with E-state index in [1.165, 1.54) is 0 Å². The topological polar surface area (TPSA) is 55.8 Å². The molecule has 0 saturated heterocycles. The number of anilines is 1. The minimum absolute atomic E-state index is 0.258. The second-order valence-corrected chi connectivity index (χ2v) is 9.10. The average Bonchev–Trinajstić information content (AvgIpc) is 2.46. The lowest BCUT2D eigenvalue weighted by atomic mass is 10.3. The molecule has 0 aliphatic carbocycles. The highest BCUT2D eigenvalue weighted by atomic mass is 32.2. The summed E-state index contributed by atoms with van der Waals surface area (Å²) in [5.41, 5.74) is 0.835. The molecule has 0 radical (unpaired) electrons. The van der Waals surface area contributed by atoms with E-state index < -0.39 is 23.4 Å². The lowest BCUT2D eigenvalue weighted by Gasteiger charge is -2.24. The lowest BCUT2D eigenvalue weighted by Crippen LogP contribution is -2.19. The van der Waals surface area contributed by atoms with Crippen molar-refractivity contribution < 1.29 is 17.8 Å². The Morgan fingerprint density at radius 2 is 1.71 bits per heavy atom. The second-order valence-electron chi connectivity index (χ2n) is 4.63. The van der Waals surface area contributed by atoms with Crippen molar-refractivity contribution in [3.63, 3.8) is 0 Å². The number of rotatable bonds is 8. The van der Waals surface area contributed by atoms with E-state index in [9.17, 15) is 8.77 Å². The quantitative estimate of drug-likeness (QED) is 0.682. The zero-order valence-corrected chi connectivity index (χ0v) is 14.9. The molecule has 0 spiro atoms. The molecule has 0 amide bonds. The molecule has 0 heterocycles. The Morgan fingerprint density at radius 1 is 1.19 bits per heavy atom.